The summed E-state index contributed by atoms with van der Waals surface area (Å²) in [6.07, 6.45) is 0. The fourth-order valence-corrected chi connectivity index (χ4v) is 4.62. The van der Waals surface area contributed by atoms with E-state index in [0.29, 0.717) is 16.3 Å². The molecule has 5 aromatic rings. The average molecular weight is 387 g/mol. The van der Waals surface area contributed by atoms with Gasteiger partial charge in [-0.25, -0.2) is 0 Å². The highest BCUT2D eigenvalue weighted by atomic mass is 32.1. The molecule has 0 radical (unpaired) electrons. The number of hydrogen-bond donors (Lipinski definition) is 1. The van der Waals surface area contributed by atoms with E-state index in [1.807, 2.05) is 24.3 Å². The van der Waals surface area contributed by atoms with Crippen molar-refractivity contribution in [2.45, 2.75) is 6.92 Å². The van der Waals surface area contributed by atoms with Crippen molar-refractivity contribution in [3.8, 4) is 5.75 Å². The molecule has 0 spiro atoms. The topological polar surface area (TPSA) is 76.2 Å². The molecule has 0 unspecified atom stereocenters. The Morgan fingerprint density at radius 3 is 2.25 bits per heavy atom. The lowest BCUT2D eigenvalue weighted by atomic mass is 10.0. The minimum absolute atomic E-state index is 0.114. The van der Waals surface area contributed by atoms with Crippen LogP contribution in [0.3, 0.4) is 0 Å². The highest BCUT2D eigenvalue weighted by Gasteiger charge is 2.19. The van der Waals surface area contributed by atoms with Crippen molar-refractivity contribution in [1.29, 1.82) is 0 Å². The van der Waals surface area contributed by atoms with Crippen molar-refractivity contribution >= 4 is 59.3 Å². The van der Waals surface area contributed by atoms with Crippen molar-refractivity contribution in [1.82, 2.24) is 4.98 Å². The van der Waals surface area contributed by atoms with Crippen LogP contribution in [-0.2, 0) is 4.79 Å². The quantitative estimate of drug-likeness (QED) is 0.201. The van der Waals surface area contributed by atoms with Gasteiger partial charge in [-0.15, -0.1) is 11.3 Å². The molecule has 1 heterocycles. The largest absolute Gasteiger partial charge is 0.426 e. The summed E-state index contributed by atoms with van der Waals surface area (Å²) >= 11 is 1.46. The summed E-state index contributed by atoms with van der Waals surface area (Å²) in [5.41, 5.74) is 0.849. The van der Waals surface area contributed by atoms with E-state index in [1.54, 1.807) is 30.3 Å². The van der Waals surface area contributed by atoms with E-state index < -0.39 is 5.97 Å². The Labute approximate surface area is 161 Å². The number of benzene rings is 4. The number of para-hydroxylation sites is 1. The summed E-state index contributed by atoms with van der Waals surface area (Å²) in [6, 6.07) is 16.1. The van der Waals surface area contributed by atoms with Crippen LogP contribution in [0, 0.1) is 0 Å². The van der Waals surface area contributed by atoms with Gasteiger partial charge in [0, 0.05) is 23.8 Å². The summed E-state index contributed by atoms with van der Waals surface area (Å²) in [4.78, 5) is 41.5. The van der Waals surface area contributed by atoms with Gasteiger partial charge < -0.3 is 9.72 Å². The number of aromatic amines is 1. The van der Waals surface area contributed by atoms with Crippen LogP contribution in [-0.4, -0.2) is 11.0 Å². The number of nitrogens with one attached hydrogen (secondary N) is 1. The maximum atomic E-state index is 13.3. The second-order valence-electron chi connectivity index (χ2n) is 6.52. The molecule has 0 bridgehead atoms. The minimum Gasteiger partial charge on any atom is -0.426 e. The van der Waals surface area contributed by atoms with E-state index in [1.165, 1.54) is 18.3 Å². The molecule has 0 atom stereocenters. The van der Waals surface area contributed by atoms with Gasteiger partial charge in [-0.2, -0.15) is 0 Å². The molecule has 1 N–H and O–H groups in total. The normalized spacial score (nSPS) is 11.5. The molecule has 0 saturated heterocycles. The maximum absolute atomic E-state index is 13.3. The van der Waals surface area contributed by atoms with E-state index in [2.05, 4.69) is 4.98 Å². The Morgan fingerprint density at radius 2 is 1.54 bits per heavy atom. The zero-order valence-corrected chi connectivity index (χ0v) is 15.6. The minimum atomic E-state index is -0.546. The van der Waals surface area contributed by atoms with Gasteiger partial charge in [0.15, 0.2) is 10.9 Å². The van der Waals surface area contributed by atoms with Crippen LogP contribution < -0.4 is 15.6 Å². The van der Waals surface area contributed by atoms with Crippen LogP contribution in [0.25, 0.3) is 42.0 Å². The Bertz CT molecular complexity index is 1560. The number of H-pyrrole nitrogens is 1. The molecule has 28 heavy (non-hydrogen) atoms. The summed E-state index contributed by atoms with van der Waals surface area (Å²) < 4.78 is 7.06. The molecule has 0 aliphatic heterocycles. The first-order valence-electron chi connectivity index (χ1n) is 8.66. The zero-order valence-electron chi connectivity index (χ0n) is 14.7. The lowest BCUT2D eigenvalue weighted by molar-refractivity contribution is -0.131. The summed E-state index contributed by atoms with van der Waals surface area (Å²) in [6.45, 7) is 1.27. The maximum Gasteiger partial charge on any atom is 0.308 e. The van der Waals surface area contributed by atoms with Gasteiger partial charge in [-0.3, -0.25) is 14.4 Å². The van der Waals surface area contributed by atoms with Crippen molar-refractivity contribution in [3.63, 3.8) is 0 Å². The van der Waals surface area contributed by atoms with E-state index >= 15 is 0 Å². The van der Waals surface area contributed by atoms with Crippen molar-refractivity contribution in [2.24, 2.45) is 0 Å². The molecule has 1 aromatic heterocycles. The van der Waals surface area contributed by atoms with Crippen LogP contribution in [0.4, 0.5) is 0 Å². The highest BCUT2D eigenvalue weighted by molar-refractivity contribution is 7.24. The highest BCUT2D eigenvalue weighted by Crippen LogP contribution is 2.35. The summed E-state index contributed by atoms with van der Waals surface area (Å²) in [5.74, 6) is -0.432. The number of fused-ring (bicyclic) bond motifs is 5. The Balaban J connectivity index is 2.12. The summed E-state index contributed by atoms with van der Waals surface area (Å²) in [7, 11) is 0. The van der Waals surface area contributed by atoms with Crippen LogP contribution in [0.2, 0.25) is 0 Å². The van der Waals surface area contributed by atoms with Gasteiger partial charge >= 0.3 is 5.97 Å². The monoisotopic (exact) mass is 387 g/mol. The van der Waals surface area contributed by atoms with Crippen molar-refractivity contribution in [3.05, 3.63) is 75.0 Å². The molecule has 136 valence electrons. The third kappa shape index (κ3) is 2.35. The van der Waals surface area contributed by atoms with Crippen molar-refractivity contribution < 1.29 is 9.53 Å². The first-order chi connectivity index (χ1) is 13.5. The molecule has 0 saturated carbocycles. The molecule has 0 fully saturated rings. The second-order valence-corrected chi connectivity index (χ2v) is 7.60. The molecule has 4 aromatic carbocycles. The number of ether oxygens (including phenoxy) is 1. The first-order valence-corrected chi connectivity index (χ1v) is 9.48. The summed E-state index contributed by atoms with van der Waals surface area (Å²) in [5, 5.41) is 1.05. The second kappa shape index (κ2) is 6.00. The zero-order chi connectivity index (χ0) is 19.4. The van der Waals surface area contributed by atoms with Gasteiger partial charge in [0.25, 0.3) is 0 Å². The SMILES string of the molecule is CC(=O)Oc1cc2sc3ccccc3[nH]c2c2c(=O)c3ccccc3c(=O)c12. The number of hydrogen-bond acceptors (Lipinski definition) is 5. The third-order valence-corrected chi connectivity index (χ3v) is 5.86. The molecule has 5 nitrogen and oxygen atoms in total. The molecule has 0 aliphatic rings. The van der Waals surface area contributed by atoms with Gasteiger partial charge in [0.05, 0.1) is 31.2 Å². The average Bonchev–Trinajstić information content (AvgIpc) is 2.69. The van der Waals surface area contributed by atoms with Gasteiger partial charge in [0.2, 0.25) is 0 Å². The molecule has 5 rings (SSSR count). The molecular weight excluding hydrogens is 374 g/mol. The third-order valence-electron chi connectivity index (χ3n) is 4.75. The van der Waals surface area contributed by atoms with E-state index in [0.717, 1.165) is 14.9 Å². The molecule has 6 heteroatoms. The number of carbonyl (C=O) groups is 1. The van der Waals surface area contributed by atoms with Crippen LogP contribution in [0.5, 0.6) is 5.75 Å². The van der Waals surface area contributed by atoms with Crippen molar-refractivity contribution in [2.75, 3.05) is 0 Å². The lowest BCUT2D eigenvalue weighted by Crippen LogP contribution is -2.15. The smallest absolute Gasteiger partial charge is 0.308 e. The number of aromatic nitrogens is 1. The first kappa shape index (κ1) is 16.6. The fraction of sp³-hybridized carbons (Fsp3) is 0.0455. The van der Waals surface area contributed by atoms with Crippen LogP contribution >= 0.6 is 11.3 Å². The van der Waals surface area contributed by atoms with Crippen LogP contribution in [0.15, 0.2) is 64.2 Å². The van der Waals surface area contributed by atoms with Gasteiger partial charge in [-0.1, -0.05) is 36.4 Å². The number of carbonyl (C=O) groups excluding carboxylic acids is 1. The van der Waals surface area contributed by atoms with Gasteiger partial charge in [0.1, 0.15) is 5.75 Å². The fourth-order valence-electron chi connectivity index (χ4n) is 3.59. The standard InChI is InChI=1S/C22H13NO4S/c1-11(24)27-15-10-17-20(23-14-8-4-5-9-16(14)28-17)19-18(15)21(25)12-6-2-3-7-13(12)22(19)26/h2-10,23H,1H3. The van der Waals surface area contributed by atoms with Crippen LogP contribution in [0.1, 0.15) is 6.92 Å². The molecule has 0 aliphatic carbocycles. The molecular formula is C22H13NO4S. The van der Waals surface area contributed by atoms with Gasteiger partial charge in [-0.05, 0) is 12.1 Å². The Kier molecular flexibility index (Phi) is 3.57. The molecule has 0 amide bonds. The number of rotatable bonds is 1. The predicted octanol–water partition coefficient (Wildman–Crippen LogP) is 4.33. The van der Waals surface area contributed by atoms with E-state index in [9.17, 15) is 14.4 Å². The number of esters is 1. The lowest BCUT2D eigenvalue weighted by Gasteiger charge is -2.11. The Hall–Kier alpha value is -3.51. The predicted molar refractivity (Wildman–Crippen MR) is 113 cm³/mol. The van der Waals surface area contributed by atoms with E-state index in [4.69, 9.17) is 4.74 Å². The van der Waals surface area contributed by atoms with E-state index in [-0.39, 0.29) is 27.4 Å². The Morgan fingerprint density at radius 1 is 0.893 bits per heavy atom.